The number of nitrogens with zero attached hydrogens (tertiary/aromatic N) is 3. The minimum Gasteiger partial charge on any atom is -0.383 e. The van der Waals surface area contributed by atoms with Crippen molar-refractivity contribution in [3.63, 3.8) is 0 Å². The number of aromatic nitrogens is 2. The molecule has 0 amide bonds. The fraction of sp³-hybridized carbons (Fsp3) is 0.538. The highest BCUT2D eigenvalue weighted by molar-refractivity contribution is 7.18. The molecular weight excluding hydrogens is 244 g/mol. The molecule has 5 heteroatoms. The number of thiophene rings is 1. The van der Waals surface area contributed by atoms with Crippen LogP contribution in [0.25, 0.3) is 10.2 Å². The monoisotopic (exact) mass is 264 g/mol. The third-order valence-electron chi connectivity index (χ3n) is 3.36. The van der Waals surface area contributed by atoms with Crippen molar-refractivity contribution in [2.45, 2.75) is 34.2 Å². The number of aryl methyl sites for hydroxylation is 2. The molecule has 98 valence electrons. The molecule has 0 aliphatic heterocycles. The van der Waals surface area contributed by atoms with Crippen LogP contribution in [0.5, 0.6) is 0 Å². The Bertz CT molecular complexity index is 558. The van der Waals surface area contributed by atoms with Crippen LogP contribution in [0.15, 0.2) is 0 Å². The molecule has 0 spiro atoms. The zero-order valence-electron chi connectivity index (χ0n) is 11.4. The summed E-state index contributed by atoms with van der Waals surface area (Å²) in [6.45, 7) is 11.2. The van der Waals surface area contributed by atoms with Crippen molar-refractivity contribution in [1.82, 2.24) is 14.9 Å². The minimum absolute atomic E-state index is 0.615. The van der Waals surface area contributed by atoms with Gasteiger partial charge in [0.1, 0.15) is 16.5 Å². The number of hydrogen-bond acceptors (Lipinski definition) is 5. The largest absolute Gasteiger partial charge is 0.383 e. The zero-order chi connectivity index (χ0) is 13.3. The SMILES string of the molecule is CCN(CC)Cc1nc(N)c2c(C)c(C)sc2n1. The van der Waals surface area contributed by atoms with Gasteiger partial charge in [-0.3, -0.25) is 4.90 Å². The highest BCUT2D eigenvalue weighted by atomic mass is 32.1. The average molecular weight is 264 g/mol. The summed E-state index contributed by atoms with van der Waals surface area (Å²) in [5.74, 6) is 1.44. The van der Waals surface area contributed by atoms with Gasteiger partial charge in [0.2, 0.25) is 0 Å². The van der Waals surface area contributed by atoms with Crippen LogP contribution < -0.4 is 5.73 Å². The molecule has 0 unspecified atom stereocenters. The van der Waals surface area contributed by atoms with E-state index in [9.17, 15) is 0 Å². The van der Waals surface area contributed by atoms with Gasteiger partial charge in [-0.2, -0.15) is 0 Å². The van der Waals surface area contributed by atoms with Crippen LogP contribution in [0.1, 0.15) is 30.1 Å². The van der Waals surface area contributed by atoms with E-state index in [1.54, 1.807) is 11.3 Å². The van der Waals surface area contributed by atoms with E-state index < -0.39 is 0 Å². The number of rotatable bonds is 4. The van der Waals surface area contributed by atoms with Gasteiger partial charge in [-0.05, 0) is 32.5 Å². The highest BCUT2D eigenvalue weighted by Gasteiger charge is 2.13. The maximum absolute atomic E-state index is 6.07. The van der Waals surface area contributed by atoms with Crippen LogP contribution in [0.3, 0.4) is 0 Å². The normalized spacial score (nSPS) is 11.6. The van der Waals surface area contributed by atoms with Gasteiger partial charge in [0.05, 0.1) is 11.9 Å². The third-order valence-corrected chi connectivity index (χ3v) is 4.46. The molecule has 2 N–H and O–H groups in total. The second-order valence-electron chi connectivity index (χ2n) is 4.45. The van der Waals surface area contributed by atoms with Crippen molar-refractivity contribution in [3.8, 4) is 0 Å². The van der Waals surface area contributed by atoms with Crippen molar-refractivity contribution >= 4 is 27.4 Å². The summed E-state index contributed by atoms with van der Waals surface area (Å²) in [4.78, 5) is 13.7. The molecule has 0 fully saturated rings. The lowest BCUT2D eigenvalue weighted by Crippen LogP contribution is -2.23. The molecule has 2 rings (SSSR count). The summed E-state index contributed by atoms with van der Waals surface area (Å²) in [5, 5.41) is 1.03. The first-order valence-electron chi connectivity index (χ1n) is 6.31. The molecule has 0 bridgehead atoms. The molecule has 0 aliphatic rings. The van der Waals surface area contributed by atoms with Crippen LogP contribution in [0.2, 0.25) is 0 Å². The third kappa shape index (κ3) is 2.33. The number of hydrogen-bond donors (Lipinski definition) is 1. The number of fused-ring (bicyclic) bond motifs is 1. The predicted molar refractivity (Wildman–Crippen MR) is 77.9 cm³/mol. The van der Waals surface area contributed by atoms with Gasteiger partial charge in [-0.25, -0.2) is 9.97 Å². The Labute approximate surface area is 112 Å². The van der Waals surface area contributed by atoms with E-state index in [0.29, 0.717) is 5.82 Å². The molecule has 0 radical (unpaired) electrons. The smallest absolute Gasteiger partial charge is 0.146 e. The molecule has 18 heavy (non-hydrogen) atoms. The van der Waals surface area contributed by atoms with Gasteiger partial charge in [0.15, 0.2) is 0 Å². The Kier molecular flexibility index (Phi) is 3.82. The molecule has 0 saturated carbocycles. The fourth-order valence-electron chi connectivity index (χ4n) is 2.04. The van der Waals surface area contributed by atoms with E-state index in [0.717, 1.165) is 35.7 Å². The fourth-order valence-corrected chi connectivity index (χ4v) is 3.10. The van der Waals surface area contributed by atoms with E-state index in [2.05, 4.69) is 42.6 Å². The van der Waals surface area contributed by atoms with Crippen LogP contribution in [-0.2, 0) is 6.54 Å². The standard InChI is InChI=1S/C13H20N4S/c1-5-17(6-2)7-10-15-12(14)11-8(3)9(4)18-13(11)16-10/h5-7H2,1-4H3,(H2,14,15,16). The lowest BCUT2D eigenvalue weighted by Gasteiger charge is -2.16. The van der Waals surface area contributed by atoms with Gasteiger partial charge in [0.25, 0.3) is 0 Å². The predicted octanol–water partition coefficient (Wildman–Crippen LogP) is 2.73. The van der Waals surface area contributed by atoms with Crippen LogP contribution in [0, 0.1) is 13.8 Å². The summed E-state index contributed by atoms with van der Waals surface area (Å²) >= 11 is 1.70. The second-order valence-corrected chi connectivity index (χ2v) is 5.65. The summed E-state index contributed by atoms with van der Waals surface area (Å²) in [6.07, 6.45) is 0. The number of nitrogen functional groups attached to an aromatic ring is 1. The van der Waals surface area contributed by atoms with Crippen molar-refractivity contribution in [2.75, 3.05) is 18.8 Å². The molecule has 0 aromatic carbocycles. The Balaban J connectivity index is 2.43. The molecule has 2 heterocycles. The quantitative estimate of drug-likeness (QED) is 0.922. The Morgan fingerprint density at radius 1 is 1.17 bits per heavy atom. The first kappa shape index (κ1) is 13.2. The van der Waals surface area contributed by atoms with E-state index in [4.69, 9.17) is 5.73 Å². The van der Waals surface area contributed by atoms with Crippen molar-refractivity contribution in [2.24, 2.45) is 0 Å². The Morgan fingerprint density at radius 2 is 1.83 bits per heavy atom. The van der Waals surface area contributed by atoms with Gasteiger partial charge in [0, 0.05) is 4.88 Å². The first-order chi connectivity index (χ1) is 8.56. The van der Waals surface area contributed by atoms with Gasteiger partial charge in [-0.15, -0.1) is 11.3 Å². The van der Waals surface area contributed by atoms with Gasteiger partial charge < -0.3 is 5.73 Å². The zero-order valence-corrected chi connectivity index (χ0v) is 12.3. The Hall–Kier alpha value is -1.20. The highest BCUT2D eigenvalue weighted by Crippen LogP contribution is 2.31. The average Bonchev–Trinajstić information content (AvgIpc) is 2.62. The minimum atomic E-state index is 0.615. The second kappa shape index (κ2) is 5.20. The Morgan fingerprint density at radius 3 is 2.44 bits per heavy atom. The molecule has 0 atom stereocenters. The topological polar surface area (TPSA) is 55.0 Å². The summed E-state index contributed by atoms with van der Waals surface area (Å²) in [7, 11) is 0. The van der Waals surface area contributed by atoms with Gasteiger partial charge in [-0.1, -0.05) is 13.8 Å². The van der Waals surface area contributed by atoms with Crippen LogP contribution in [0.4, 0.5) is 5.82 Å². The molecule has 4 nitrogen and oxygen atoms in total. The first-order valence-corrected chi connectivity index (χ1v) is 7.12. The molecule has 2 aromatic rings. The maximum Gasteiger partial charge on any atom is 0.146 e. The molecular formula is C13H20N4S. The van der Waals surface area contributed by atoms with Crippen LogP contribution in [-0.4, -0.2) is 28.0 Å². The number of anilines is 1. The van der Waals surface area contributed by atoms with Crippen molar-refractivity contribution < 1.29 is 0 Å². The summed E-state index contributed by atoms with van der Waals surface area (Å²) in [5.41, 5.74) is 7.28. The lowest BCUT2D eigenvalue weighted by atomic mass is 10.2. The van der Waals surface area contributed by atoms with Crippen molar-refractivity contribution in [1.29, 1.82) is 0 Å². The summed E-state index contributed by atoms with van der Waals surface area (Å²) in [6, 6.07) is 0. The maximum atomic E-state index is 6.07. The van der Waals surface area contributed by atoms with E-state index in [-0.39, 0.29) is 0 Å². The molecule has 0 aliphatic carbocycles. The van der Waals surface area contributed by atoms with Gasteiger partial charge >= 0.3 is 0 Å². The summed E-state index contributed by atoms with van der Waals surface area (Å²) < 4.78 is 0. The molecule has 0 saturated heterocycles. The van der Waals surface area contributed by atoms with E-state index in [1.807, 2.05) is 0 Å². The lowest BCUT2D eigenvalue weighted by molar-refractivity contribution is 0.289. The molecule has 2 aromatic heterocycles. The van der Waals surface area contributed by atoms with E-state index >= 15 is 0 Å². The number of nitrogens with two attached hydrogens (primary N) is 1. The van der Waals surface area contributed by atoms with Crippen molar-refractivity contribution in [3.05, 3.63) is 16.3 Å². The van der Waals surface area contributed by atoms with E-state index in [1.165, 1.54) is 10.4 Å². The van der Waals surface area contributed by atoms with Crippen LogP contribution >= 0.6 is 11.3 Å².